The van der Waals surface area contributed by atoms with Gasteiger partial charge in [-0.3, -0.25) is 0 Å². The van der Waals surface area contributed by atoms with Gasteiger partial charge in [0.25, 0.3) is 0 Å². The van der Waals surface area contributed by atoms with Gasteiger partial charge < -0.3 is 25.4 Å². The van der Waals surface area contributed by atoms with Gasteiger partial charge in [0.2, 0.25) is 0 Å². The Hall–Kier alpha value is -2.38. The Morgan fingerprint density at radius 2 is 2.14 bits per heavy atom. The smallest absolute Gasteiger partial charge is 0.191 e. The summed E-state index contributed by atoms with van der Waals surface area (Å²) in [6.07, 6.45) is -2.50. The Morgan fingerprint density at radius 3 is 2.92 bits per heavy atom. The molecule has 2 heterocycles. The van der Waals surface area contributed by atoms with Crippen LogP contribution in [0, 0.1) is 12.7 Å². The number of hydrogen-bond acceptors (Lipinski definition) is 10. The minimum atomic E-state index is -1.69. The summed E-state index contributed by atoms with van der Waals surface area (Å²) in [5, 5.41) is 42.0. The van der Waals surface area contributed by atoms with E-state index in [1.807, 2.05) is 0 Å². The molecular weight excluding hydrogens is 487 g/mol. The van der Waals surface area contributed by atoms with E-state index in [4.69, 9.17) is 16.7 Å². The predicted molar refractivity (Wildman–Crippen MR) is 133 cm³/mol. The zero-order valence-corrected chi connectivity index (χ0v) is 20.6. The summed E-state index contributed by atoms with van der Waals surface area (Å²) in [6, 6.07) is -2.01. The highest BCUT2D eigenvalue weighted by molar-refractivity contribution is 7.99. The molecule has 0 saturated heterocycles. The summed E-state index contributed by atoms with van der Waals surface area (Å²) in [7, 11) is 0. The summed E-state index contributed by atoms with van der Waals surface area (Å²) in [6.45, 7) is 2.79. The minimum absolute atomic E-state index is 0.0163. The van der Waals surface area contributed by atoms with E-state index in [1.54, 1.807) is 6.92 Å². The van der Waals surface area contributed by atoms with Crippen LogP contribution in [0.15, 0.2) is 23.3 Å². The number of fused-ring (bicyclic) bond motifs is 1. The van der Waals surface area contributed by atoms with Crippen molar-refractivity contribution >= 4 is 28.7 Å². The first kappa shape index (κ1) is 19.7. The molecule has 3 aromatic rings. The first-order chi connectivity index (χ1) is 19.4. The molecule has 4 N–H and O–H groups in total. The number of anilines is 1. The summed E-state index contributed by atoms with van der Waals surface area (Å²) < 4.78 is 62.4. The van der Waals surface area contributed by atoms with Crippen LogP contribution in [0.2, 0.25) is 0 Å². The van der Waals surface area contributed by atoms with Crippen molar-refractivity contribution in [3.05, 3.63) is 35.1 Å². The minimum Gasteiger partial charge on any atom is -0.394 e. The van der Waals surface area contributed by atoms with Gasteiger partial charge in [-0.2, -0.15) is 0 Å². The number of nitrogens with one attached hydrogen (secondary N) is 1. The molecule has 12 heteroatoms. The van der Waals surface area contributed by atoms with Crippen molar-refractivity contribution < 1.29 is 31.3 Å². The van der Waals surface area contributed by atoms with Gasteiger partial charge in [0.15, 0.2) is 22.1 Å². The second kappa shape index (κ2) is 10.5. The number of hydrogen-bond donors (Lipinski definition) is 4. The van der Waals surface area contributed by atoms with Gasteiger partial charge in [-0.15, -0.1) is 5.10 Å². The fraction of sp³-hybridized carbons (Fsp3) is 0.583. The van der Waals surface area contributed by atoms with Crippen LogP contribution in [0.3, 0.4) is 0 Å². The lowest BCUT2D eigenvalue weighted by Crippen LogP contribution is -2.33. The third-order valence-corrected chi connectivity index (χ3v) is 7.19. The molecule has 2 aromatic heterocycles. The molecule has 0 radical (unpaired) electrons. The maximum atomic E-state index is 14.6. The van der Waals surface area contributed by atoms with E-state index in [0.717, 1.165) is 11.8 Å². The third kappa shape index (κ3) is 4.92. The first-order valence-corrected chi connectivity index (χ1v) is 12.6. The average molecular weight is 524 g/mol. The summed E-state index contributed by atoms with van der Waals surface area (Å²) in [4.78, 5) is 8.97. The fourth-order valence-corrected chi connectivity index (χ4v) is 4.93. The topological polar surface area (TPSA) is 138 Å². The number of aromatic nitrogens is 5. The Bertz CT molecular complexity index is 1440. The van der Waals surface area contributed by atoms with Crippen LogP contribution in [0.4, 0.5) is 10.2 Å². The van der Waals surface area contributed by atoms with E-state index in [-0.39, 0.29) is 77.4 Å². The maximum absolute atomic E-state index is 14.6. The molecule has 0 bridgehead atoms. The van der Waals surface area contributed by atoms with Crippen LogP contribution in [0.25, 0.3) is 11.2 Å². The Morgan fingerprint density at radius 1 is 1.31 bits per heavy atom. The third-order valence-electron chi connectivity index (χ3n) is 6.39. The van der Waals surface area contributed by atoms with Crippen LogP contribution in [0.1, 0.15) is 56.1 Å². The van der Waals surface area contributed by atoms with E-state index in [1.165, 1.54) is 11.6 Å². The highest BCUT2D eigenvalue weighted by Crippen LogP contribution is 2.44. The molecule has 10 nitrogen and oxygen atoms in total. The predicted octanol–water partition coefficient (Wildman–Crippen LogP) is 2.18. The molecule has 5 rings (SSSR count). The molecule has 2 fully saturated rings. The van der Waals surface area contributed by atoms with Crippen LogP contribution >= 0.6 is 11.8 Å². The van der Waals surface area contributed by atoms with Crippen molar-refractivity contribution in [2.24, 2.45) is 0 Å². The van der Waals surface area contributed by atoms with Crippen molar-refractivity contribution in [3.8, 4) is 0 Å². The Labute approximate surface area is 219 Å². The van der Waals surface area contributed by atoms with Crippen molar-refractivity contribution in [1.82, 2.24) is 25.0 Å². The summed E-state index contributed by atoms with van der Waals surface area (Å²) in [5.41, 5.74) is -1.20. The van der Waals surface area contributed by atoms with Gasteiger partial charge in [0, 0.05) is 26.8 Å². The normalized spacial score (nSPS) is 30.0. The molecule has 0 spiro atoms. The van der Waals surface area contributed by atoms with Crippen molar-refractivity contribution in [1.29, 1.82) is 0 Å². The lowest BCUT2D eigenvalue weighted by Gasteiger charge is -2.17. The van der Waals surface area contributed by atoms with Gasteiger partial charge in [-0.1, -0.05) is 36.0 Å². The largest absolute Gasteiger partial charge is 0.394 e. The zero-order valence-electron chi connectivity index (χ0n) is 24.8. The lowest BCUT2D eigenvalue weighted by molar-refractivity contribution is -0.0629. The number of benzene rings is 1. The first-order valence-electron chi connectivity index (χ1n) is 14.3. The SMILES string of the molecule is [2H]c1c([2H])c([C@@H]2CC2Nc2nc(SC([2H])([2H])CC)nc3c2nnn3[C@@H]2C[C@H](OCCO)[C@@H](O)[C@H]2O)c([2H])c(F)c1C. The number of aliphatic hydroxyl groups excluding tert-OH is 3. The van der Waals surface area contributed by atoms with E-state index in [0.29, 0.717) is 6.42 Å². The van der Waals surface area contributed by atoms with E-state index >= 15 is 0 Å². The van der Waals surface area contributed by atoms with Crippen LogP contribution in [-0.2, 0) is 4.74 Å². The molecule has 2 saturated carbocycles. The quantitative estimate of drug-likeness (QED) is 0.231. The zero-order chi connectivity index (χ0) is 29.8. The maximum Gasteiger partial charge on any atom is 0.191 e. The summed E-state index contributed by atoms with van der Waals surface area (Å²) in [5.74, 6) is -1.04. The highest BCUT2D eigenvalue weighted by atomic mass is 32.2. The van der Waals surface area contributed by atoms with E-state index in [2.05, 4.69) is 25.6 Å². The molecule has 1 aromatic carbocycles. The highest BCUT2D eigenvalue weighted by Gasteiger charge is 2.45. The fourth-order valence-electron chi connectivity index (χ4n) is 4.39. The molecule has 2 aliphatic rings. The Kier molecular flexibility index (Phi) is 5.77. The van der Waals surface area contributed by atoms with Gasteiger partial charge in [0.05, 0.1) is 29.5 Å². The number of nitrogens with zero attached hydrogens (tertiary/aromatic N) is 5. The van der Waals surface area contributed by atoms with E-state index < -0.39 is 47.8 Å². The molecule has 194 valence electrons. The number of thioether (sulfide) groups is 1. The van der Waals surface area contributed by atoms with Crippen LogP contribution < -0.4 is 5.32 Å². The van der Waals surface area contributed by atoms with Crippen molar-refractivity contribution in [3.63, 3.8) is 0 Å². The molecule has 6 atom stereocenters. The molecule has 1 unspecified atom stereocenters. The van der Waals surface area contributed by atoms with Crippen molar-refractivity contribution in [2.45, 2.75) is 74.6 Å². The standard InChI is InChI=1S/C24H31FN6O4S/c1-3-8-36-24-27-22(26-16-10-14(16)13-5-4-12(2)15(25)9-13)19-23(28-24)31(30-29-19)17-11-18(35-7-6-32)21(34)20(17)33/h4-5,9,14,16-18,20-21,32-34H,3,6-8,10-11H2,1-2H3,(H,26,27,28)/t14-,16?,17+,18-,20-,21+/m0/s1/i4D,5D,8D2,9D. The summed E-state index contributed by atoms with van der Waals surface area (Å²) >= 11 is 0.801. The van der Waals surface area contributed by atoms with E-state index in [9.17, 15) is 14.6 Å². The van der Waals surface area contributed by atoms with Gasteiger partial charge in [0.1, 0.15) is 18.0 Å². The number of halogens is 1. The molecular formula is C24H31FN6O4S. The van der Waals surface area contributed by atoms with Crippen LogP contribution in [0.5, 0.6) is 0 Å². The average Bonchev–Trinajstić information content (AvgIpc) is 3.45. The monoisotopic (exact) mass is 523 g/mol. The van der Waals surface area contributed by atoms with Gasteiger partial charge in [-0.25, -0.2) is 19.0 Å². The molecule has 36 heavy (non-hydrogen) atoms. The second-order valence-electron chi connectivity index (χ2n) is 8.90. The number of rotatable bonds is 10. The molecule has 0 aliphatic heterocycles. The number of ether oxygens (including phenoxy) is 1. The van der Waals surface area contributed by atoms with Gasteiger partial charge >= 0.3 is 0 Å². The van der Waals surface area contributed by atoms with Gasteiger partial charge in [-0.05, 0) is 36.9 Å². The molecule has 2 aliphatic carbocycles. The lowest BCUT2D eigenvalue weighted by atomic mass is 10.1. The van der Waals surface area contributed by atoms with Crippen molar-refractivity contribution in [2.75, 3.05) is 24.2 Å². The second-order valence-corrected chi connectivity index (χ2v) is 9.76. The number of aliphatic hydroxyl groups is 3. The molecule has 0 amide bonds. The Balaban J connectivity index is 1.50. The van der Waals surface area contributed by atoms with Crippen LogP contribution in [-0.4, -0.2) is 83.6 Å².